The summed E-state index contributed by atoms with van der Waals surface area (Å²) in [5, 5.41) is 10.0. The molecule has 1 amide bonds. The summed E-state index contributed by atoms with van der Waals surface area (Å²) in [6.45, 7) is 0. The number of halogens is 1. The molecule has 0 saturated carbocycles. The van der Waals surface area contributed by atoms with Crippen molar-refractivity contribution in [1.82, 2.24) is 19.7 Å². The van der Waals surface area contributed by atoms with Gasteiger partial charge in [0.25, 0.3) is 5.91 Å². The number of aromatic nitrogens is 4. The molecule has 2 aromatic carbocycles. The quantitative estimate of drug-likeness (QED) is 0.385. The number of hydrogen-bond acceptors (Lipinski definition) is 6. The lowest BCUT2D eigenvalue weighted by Crippen LogP contribution is -2.27. The van der Waals surface area contributed by atoms with Gasteiger partial charge in [-0.2, -0.15) is 5.10 Å². The fraction of sp³-hybridized carbons (Fsp3) is 0.0400. The van der Waals surface area contributed by atoms with Crippen LogP contribution >= 0.6 is 11.3 Å². The molecule has 34 heavy (non-hydrogen) atoms. The predicted octanol–water partition coefficient (Wildman–Crippen LogP) is 4.24. The van der Waals surface area contributed by atoms with Crippen LogP contribution in [-0.2, 0) is 4.79 Å². The molecule has 9 heteroatoms. The lowest BCUT2D eigenvalue weighted by Gasteiger charge is -2.17. The van der Waals surface area contributed by atoms with Gasteiger partial charge in [0, 0.05) is 34.9 Å². The Labute approximate surface area is 198 Å². The zero-order valence-corrected chi connectivity index (χ0v) is 18.5. The van der Waals surface area contributed by atoms with Crippen LogP contribution in [0.15, 0.2) is 78.6 Å². The van der Waals surface area contributed by atoms with Crippen LogP contribution in [0.1, 0.15) is 22.7 Å². The summed E-state index contributed by atoms with van der Waals surface area (Å²) in [7, 11) is 0. The topological polar surface area (TPSA) is 98.7 Å². The molecule has 3 N–H and O–H groups in total. The molecule has 166 valence electrons. The summed E-state index contributed by atoms with van der Waals surface area (Å²) in [6.07, 6.45) is 4.79. The highest BCUT2D eigenvalue weighted by molar-refractivity contribution is 7.13. The summed E-state index contributed by atoms with van der Waals surface area (Å²) < 4.78 is 16.8. The number of rotatable bonds is 4. The number of nitrogens with two attached hydrogens (primary N) is 1. The number of nitrogens with one attached hydrogen (secondary N) is 1. The zero-order chi connectivity index (χ0) is 23.5. The molecule has 0 aliphatic carbocycles. The van der Waals surface area contributed by atoms with Crippen molar-refractivity contribution in [2.75, 3.05) is 11.1 Å². The van der Waals surface area contributed by atoms with Crippen molar-refractivity contribution in [1.29, 1.82) is 0 Å². The van der Waals surface area contributed by atoms with E-state index >= 15 is 4.39 Å². The number of thiazole rings is 1. The molecule has 5 aromatic rings. The van der Waals surface area contributed by atoms with Gasteiger partial charge in [-0.15, -0.1) is 11.3 Å². The Morgan fingerprint density at radius 2 is 1.94 bits per heavy atom. The second-order valence-corrected chi connectivity index (χ2v) is 8.23. The van der Waals surface area contributed by atoms with Gasteiger partial charge in [-0.1, -0.05) is 42.2 Å². The lowest BCUT2D eigenvalue weighted by molar-refractivity contribution is -0.118. The minimum absolute atomic E-state index is 0.130. The van der Waals surface area contributed by atoms with E-state index < -0.39 is 11.9 Å². The minimum atomic E-state index is -0.813. The summed E-state index contributed by atoms with van der Waals surface area (Å²) in [5.74, 6) is 5.20. The number of nitrogen functional groups attached to an aromatic ring is 1. The molecule has 0 spiro atoms. The number of nitrogens with zero attached hydrogens (tertiary/aromatic N) is 4. The maximum absolute atomic E-state index is 15.3. The van der Waals surface area contributed by atoms with E-state index in [-0.39, 0.29) is 17.0 Å². The molecule has 0 saturated heterocycles. The van der Waals surface area contributed by atoms with Crippen molar-refractivity contribution >= 4 is 39.1 Å². The van der Waals surface area contributed by atoms with Gasteiger partial charge in [0.2, 0.25) is 0 Å². The van der Waals surface area contributed by atoms with E-state index in [9.17, 15) is 4.79 Å². The van der Waals surface area contributed by atoms with Crippen LogP contribution in [0.4, 0.5) is 15.3 Å². The molecule has 0 aliphatic heterocycles. The first kappa shape index (κ1) is 21.3. The molecule has 0 radical (unpaired) electrons. The third-order valence-corrected chi connectivity index (χ3v) is 5.74. The van der Waals surface area contributed by atoms with E-state index in [2.05, 4.69) is 32.2 Å². The summed E-state index contributed by atoms with van der Waals surface area (Å²) in [4.78, 5) is 21.3. The van der Waals surface area contributed by atoms with E-state index in [1.54, 1.807) is 42.0 Å². The predicted molar refractivity (Wildman–Crippen MR) is 130 cm³/mol. The van der Waals surface area contributed by atoms with Crippen LogP contribution in [0.25, 0.3) is 10.9 Å². The summed E-state index contributed by atoms with van der Waals surface area (Å²) in [5.41, 5.74) is 7.23. The van der Waals surface area contributed by atoms with Crippen molar-refractivity contribution in [3.63, 3.8) is 0 Å². The Bertz CT molecular complexity index is 1520. The molecule has 7 nitrogen and oxygen atoms in total. The largest absolute Gasteiger partial charge is 0.384 e. The summed E-state index contributed by atoms with van der Waals surface area (Å²) >= 11 is 1.31. The first-order valence-corrected chi connectivity index (χ1v) is 11.1. The Kier molecular flexibility index (Phi) is 5.72. The number of anilines is 2. The number of fused-ring (bicyclic) bond motifs is 1. The molecule has 1 atom stereocenters. The second kappa shape index (κ2) is 9.13. The molecule has 5 rings (SSSR count). The summed E-state index contributed by atoms with van der Waals surface area (Å²) in [6, 6.07) is 15.0. The van der Waals surface area contributed by atoms with Gasteiger partial charge in [0.15, 0.2) is 17.0 Å². The lowest BCUT2D eigenvalue weighted by atomic mass is 10.1. The normalized spacial score (nSPS) is 11.6. The van der Waals surface area contributed by atoms with E-state index in [0.717, 1.165) is 0 Å². The van der Waals surface area contributed by atoms with Gasteiger partial charge in [0.05, 0.1) is 5.56 Å². The fourth-order valence-corrected chi connectivity index (χ4v) is 3.97. The van der Waals surface area contributed by atoms with Gasteiger partial charge in [-0.3, -0.25) is 14.8 Å². The monoisotopic (exact) mass is 468 g/mol. The highest BCUT2D eigenvalue weighted by Gasteiger charge is 2.25. The smallest absolute Gasteiger partial charge is 0.255 e. The van der Waals surface area contributed by atoms with Gasteiger partial charge in [-0.05, 0) is 29.8 Å². The number of carbonyl (C=O) groups excluding carboxylic acids is 1. The van der Waals surface area contributed by atoms with E-state index in [1.807, 2.05) is 30.3 Å². The third-order valence-electron chi connectivity index (χ3n) is 5.05. The maximum Gasteiger partial charge on any atom is 0.255 e. The molecule has 1 unspecified atom stereocenters. The average Bonchev–Trinajstić information content (AvgIpc) is 3.51. The first-order valence-electron chi connectivity index (χ1n) is 10.2. The van der Waals surface area contributed by atoms with Gasteiger partial charge in [-0.25, -0.2) is 14.4 Å². The maximum atomic E-state index is 15.3. The number of amides is 1. The van der Waals surface area contributed by atoms with Crippen molar-refractivity contribution in [2.24, 2.45) is 0 Å². The van der Waals surface area contributed by atoms with Crippen molar-refractivity contribution in [3.05, 3.63) is 101 Å². The highest BCUT2D eigenvalue weighted by atomic mass is 32.1. The Morgan fingerprint density at radius 3 is 2.68 bits per heavy atom. The van der Waals surface area contributed by atoms with Crippen LogP contribution in [0.3, 0.4) is 0 Å². The van der Waals surface area contributed by atoms with Crippen LogP contribution < -0.4 is 11.1 Å². The van der Waals surface area contributed by atoms with Crippen LogP contribution in [0, 0.1) is 17.7 Å². The third kappa shape index (κ3) is 4.35. The highest BCUT2D eigenvalue weighted by Crippen LogP contribution is 2.26. The van der Waals surface area contributed by atoms with Gasteiger partial charge >= 0.3 is 0 Å². The molecule has 3 aromatic heterocycles. The Morgan fingerprint density at radius 1 is 1.09 bits per heavy atom. The van der Waals surface area contributed by atoms with Crippen LogP contribution in [0.2, 0.25) is 0 Å². The average molecular weight is 469 g/mol. The Balaban J connectivity index is 1.53. The molecule has 0 fully saturated rings. The second-order valence-electron chi connectivity index (χ2n) is 7.34. The number of carbonyl (C=O) groups is 1. The zero-order valence-electron chi connectivity index (χ0n) is 17.6. The molecule has 3 heterocycles. The van der Waals surface area contributed by atoms with E-state index in [0.29, 0.717) is 27.5 Å². The van der Waals surface area contributed by atoms with Crippen LogP contribution in [-0.4, -0.2) is 25.7 Å². The van der Waals surface area contributed by atoms with Gasteiger partial charge in [0.1, 0.15) is 11.3 Å². The van der Waals surface area contributed by atoms with E-state index in [4.69, 9.17) is 5.73 Å². The SMILES string of the molecule is Nc1ccc(C#Cc2ccc3cn(C(C(=O)Nc4nccs4)c4ccccc4)nc3c2F)cn1. The standard InChI is InChI=1S/C25H17FN6OS/c26-21-17(8-6-16-7-11-20(27)29-14-16)9-10-19-15-32(31-22(19)21)23(18-4-2-1-3-5-18)24(33)30-25-28-12-13-34-25/h1-5,7,9-15,23H,(H2,27,29)(H,28,30,33). The van der Waals surface area contributed by atoms with Crippen LogP contribution in [0.5, 0.6) is 0 Å². The number of benzene rings is 2. The van der Waals surface area contributed by atoms with Crippen molar-refractivity contribution in [3.8, 4) is 11.8 Å². The molecule has 0 aliphatic rings. The van der Waals surface area contributed by atoms with Gasteiger partial charge < -0.3 is 5.73 Å². The molecular formula is C25H17FN6OS. The number of hydrogen-bond donors (Lipinski definition) is 2. The molecular weight excluding hydrogens is 451 g/mol. The fourth-order valence-electron chi connectivity index (χ4n) is 3.44. The first-order chi connectivity index (χ1) is 16.6. The minimum Gasteiger partial charge on any atom is -0.384 e. The number of pyridine rings is 1. The molecule has 0 bridgehead atoms. The van der Waals surface area contributed by atoms with E-state index in [1.165, 1.54) is 22.2 Å². The van der Waals surface area contributed by atoms with Crippen molar-refractivity contribution < 1.29 is 9.18 Å². The Hall–Kier alpha value is -4.55. The van der Waals surface area contributed by atoms with Crippen molar-refractivity contribution in [2.45, 2.75) is 6.04 Å².